The van der Waals surface area contributed by atoms with Gasteiger partial charge >= 0.3 is 5.97 Å². The predicted octanol–water partition coefficient (Wildman–Crippen LogP) is 2.60. The third kappa shape index (κ3) is 3.37. The minimum atomic E-state index is -0.715. The van der Waals surface area contributed by atoms with Gasteiger partial charge < -0.3 is 14.6 Å². The lowest BCUT2D eigenvalue weighted by molar-refractivity contribution is -0.137. The third-order valence-electron chi connectivity index (χ3n) is 2.79. The molecule has 0 saturated carbocycles. The van der Waals surface area contributed by atoms with Crippen molar-refractivity contribution >= 4 is 5.97 Å². The number of unbranched alkanes of at least 4 members (excludes halogenated alkanes) is 2. The second-order valence-electron chi connectivity index (χ2n) is 4.14. The van der Waals surface area contributed by atoms with Crippen molar-refractivity contribution in [2.45, 2.75) is 32.1 Å². The highest BCUT2D eigenvalue weighted by Crippen LogP contribution is 2.32. The summed E-state index contributed by atoms with van der Waals surface area (Å²) in [5.41, 5.74) is 1.21. The van der Waals surface area contributed by atoms with Gasteiger partial charge in [-0.2, -0.15) is 0 Å². The predicted molar refractivity (Wildman–Crippen MR) is 62.4 cm³/mol. The molecule has 0 radical (unpaired) electrons. The summed E-state index contributed by atoms with van der Waals surface area (Å²) < 4.78 is 10.5. The molecule has 4 heteroatoms. The van der Waals surface area contributed by atoms with Crippen molar-refractivity contribution in [2.75, 3.05) is 6.79 Å². The smallest absolute Gasteiger partial charge is 0.303 e. The minimum absolute atomic E-state index is 0.265. The molecule has 1 heterocycles. The maximum Gasteiger partial charge on any atom is 0.303 e. The molecule has 0 bridgehead atoms. The Labute approximate surface area is 100 Å². The number of carbonyl (C=O) groups is 1. The van der Waals surface area contributed by atoms with Gasteiger partial charge in [-0.05, 0) is 37.0 Å². The van der Waals surface area contributed by atoms with Crippen LogP contribution in [0.1, 0.15) is 31.2 Å². The van der Waals surface area contributed by atoms with E-state index in [2.05, 4.69) is 0 Å². The van der Waals surface area contributed by atoms with E-state index >= 15 is 0 Å². The Balaban J connectivity index is 1.74. The van der Waals surface area contributed by atoms with Crippen molar-refractivity contribution in [1.29, 1.82) is 0 Å². The van der Waals surface area contributed by atoms with Crippen molar-refractivity contribution < 1.29 is 19.4 Å². The number of benzene rings is 1. The number of rotatable bonds is 6. The van der Waals surface area contributed by atoms with Crippen LogP contribution in [0.3, 0.4) is 0 Å². The molecule has 0 aromatic heterocycles. The largest absolute Gasteiger partial charge is 0.481 e. The average Bonchev–Trinajstić information content (AvgIpc) is 2.75. The summed E-state index contributed by atoms with van der Waals surface area (Å²) in [6.07, 6.45) is 3.92. The number of ether oxygens (including phenoxy) is 2. The Morgan fingerprint density at radius 2 is 2.00 bits per heavy atom. The Kier molecular flexibility index (Phi) is 3.85. The van der Waals surface area contributed by atoms with Crippen LogP contribution >= 0.6 is 0 Å². The molecular weight excluding hydrogens is 220 g/mol. The molecule has 1 aliphatic rings. The monoisotopic (exact) mass is 236 g/mol. The van der Waals surface area contributed by atoms with E-state index in [1.54, 1.807) is 0 Å². The van der Waals surface area contributed by atoms with Gasteiger partial charge in [0.15, 0.2) is 11.5 Å². The van der Waals surface area contributed by atoms with Crippen LogP contribution in [0, 0.1) is 0 Å². The molecular formula is C13H16O4. The van der Waals surface area contributed by atoms with Crippen molar-refractivity contribution in [3.8, 4) is 11.5 Å². The van der Waals surface area contributed by atoms with Crippen LogP contribution in [0.5, 0.6) is 11.5 Å². The molecule has 1 aromatic carbocycles. The van der Waals surface area contributed by atoms with E-state index in [0.29, 0.717) is 6.79 Å². The molecule has 1 aliphatic heterocycles. The van der Waals surface area contributed by atoms with Gasteiger partial charge in [-0.25, -0.2) is 0 Å². The van der Waals surface area contributed by atoms with Crippen LogP contribution in [0.4, 0.5) is 0 Å². The minimum Gasteiger partial charge on any atom is -0.481 e. The molecule has 4 nitrogen and oxygen atoms in total. The lowest BCUT2D eigenvalue weighted by Gasteiger charge is -2.02. The molecule has 1 N–H and O–H groups in total. The van der Waals surface area contributed by atoms with E-state index in [0.717, 1.165) is 37.2 Å². The van der Waals surface area contributed by atoms with Crippen molar-refractivity contribution in [3.63, 3.8) is 0 Å². The van der Waals surface area contributed by atoms with Crippen LogP contribution in [0.25, 0.3) is 0 Å². The summed E-state index contributed by atoms with van der Waals surface area (Å²) in [5.74, 6) is 0.903. The van der Waals surface area contributed by atoms with Gasteiger partial charge in [0.25, 0.3) is 0 Å². The molecule has 0 fully saturated rings. The van der Waals surface area contributed by atoms with E-state index in [9.17, 15) is 4.79 Å². The van der Waals surface area contributed by atoms with Crippen LogP contribution in [-0.4, -0.2) is 17.9 Å². The summed E-state index contributed by atoms with van der Waals surface area (Å²) in [6, 6.07) is 5.96. The molecule has 0 saturated heterocycles. The molecule has 2 rings (SSSR count). The molecule has 0 unspecified atom stereocenters. The van der Waals surface area contributed by atoms with Gasteiger partial charge in [0.1, 0.15) is 0 Å². The highest BCUT2D eigenvalue weighted by molar-refractivity contribution is 5.66. The fourth-order valence-electron chi connectivity index (χ4n) is 1.88. The van der Waals surface area contributed by atoms with E-state index in [1.165, 1.54) is 5.56 Å². The number of hydrogen-bond donors (Lipinski definition) is 1. The maximum absolute atomic E-state index is 10.3. The topological polar surface area (TPSA) is 55.8 Å². The summed E-state index contributed by atoms with van der Waals surface area (Å²) in [6.45, 7) is 0.303. The maximum atomic E-state index is 10.3. The molecule has 0 amide bonds. The first kappa shape index (κ1) is 11.8. The van der Waals surface area contributed by atoms with Crippen LogP contribution in [0.2, 0.25) is 0 Å². The molecule has 0 spiro atoms. The summed E-state index contributed by atoms with van der Waals surface area (Å²) in [7, 11) is 0. The summed E-state index contributed by atoms with van der Waals surface area (Å²) in [5, 5.41) is 8.51. The summed E-state index contributed by atoms with van der Waals surface area (Å²) in [4.78, 5) is 10.3. The fourth-order valence-corrected chi connectivity index (χ4v) is 1.88. The van der Waals surface area contributed by atoms with Crippen LogP contribution in [-0.2, 0) is 11.2 Å². The molecule has 0 atom stereocenters. The van der Waals surface area contributed by atoms with Crippen molar-refractivity contribution in [3.05, 3.63) is 23.8 Å². The van der Waals surface area contributed by atoms with Crippen LogP contribution in [0.15, 0.2) is 18.2 Å². The van der Waals surface area contributed by atoms with E-state index in [4.69, 9.17) is 14.6 Å². The molecule has 92 valence electrons. The van der Waals surface area contributed by atoms with Crippen molar-refractivity contribution in [2.24, 2.45) is 0 Å². The molecule has 0 aliphatic carbocycles. The summed E-state index contributed by atoms with van der Waals surface area (Å²) >= 11 is 0. The average molecular weight is 236 g/mol. The third-order valence-corrected chi connectivity index (χ3v) is 2.79. The Morgan fingerprint density at radius 1 is 1.18 bits per heavy atom. The Morgan fingerprint density at radius 3 is 2.82 bits per heavy atom. The fraction of sp³-hybridized carbons (Fsp3) is 0.462. The number of hydrogen-bond acceptors (Lipinski definition) is 3. The van der Waals surface area contributed by atoms with Gasteiger partial charge in [-0.1, -0.05) is 12.5 Å². The van der Waals surface area contributed by atoms with Gasteiger partial charge in [0.2, 0.25) is 6.79 Å². The van der Waals surface area contributed by atoms with Gasteiger partial charge in [-0.15, -0.1) is 0 Å². The van der Waals surface area contributed by atoms with E-state index in [1.807, 2.05) is 18.2 Å². The lowest BCUT2D eigenvalue weighted by Crippen LogP contribution is -1.94. The number of carboxylic acid groups (broad SMARTS) is 1. The standard InChI is InChI=1S/C13H16O4/c14-13(15)5-3-1-2-4-10-6-7-11-12(8-10)17-9-16-11/h6-8H,1-5,9H2,(H,14,15). The van der Waals surface area contributed by atoms with Gasteiger partial charge in [0.05, 0.1) is 0 Å². The first-order valence-electron chi connectivity index (χ1n) is 5.86. The van der Waals surface area contributed by atoms with E-state index < -0.39 is 5.97 Å². The zero-order valence-corrected chi connectivity index (χ0v) is 9.65. The lowest BCUT2D eigenvalue weighted by atomic mass is 10.1. The zero-order chi connectivity index (χ0) is 12.1. The Hall–Kier alpha value is -1.71. The van der Waals surface area contributed by atoms with Gasteiger partial charge in [0, 0.05) is 6.42 Å². The first-order valence-corrected chi connectivity index (χ1v) is 5.86. The van der Waals surface area contributed by atoms with Crippen molar-refractivity contribution in [1.82, 2.24) is 0 Å². The highest BCUT2D eigenvalue weighted by atomic mass is 16.7. The zero-order valence-electron chi connectivity index (χ0n) is 9.65. The second kappa shape index (κ2) is 5.57. The molecule has 17 heavy (non-hydrogen) atoms. The normalized spacial score (nSPS) is 12.7. The highest BCUT2D eigenvalue weighted by Gasteiger charge is 2.12. The van der Waals surface area contributed by atoms with E-state index in [-0.39, 0.29) is 6.42 Å². The number of aliphatic carboxylic acids is 1. The molecule has 1 aromatic rings. The quantitative estimate of drug-likeness (QED) is 0.771. The Bertz CT molecular complexity index is 400. The van der Waals surface area contributed by atoms with Gasteiger partial charge in [-0.3, -0.25) is 4.79 Å². The number of fused-ring (bicyclic) bond motifs is 1. The SMILES string of the molecule is O=C(O)CCCCCc1ccc2c(c1)OCO2. The number of aryl methyl sites for hydroxylation is 1. The van der Waals surface area contributed by atoms with Crippen LogP contribution < -0.4 is 9.47 Å². The first-order chi connectivity index (χ1) is 8.25. The second-order valence-corrected chi connectivity index (χ2v) is 4.14. The number of carboxylic acids is 1.